The second-order valence-electron chi connectivity index (χ2n) is 14.6. The van der Waals surface area contributed by atoms with E-state index in [4.69, 9.17) is 9.97 Å². The van der Waals surface area contributed by atoms with Crippen molar-refractivity contribution in [1.82, 2.24) is 44.5 Å². The number of aromatic nitrogens is 4. The Bertz CT molecular complexity index is 3800. The summed E-state index contributed by atoms with van der Waals surface area (Å²) in [5.74, 6) is 0. The summed E-state index contributed by atoms with van der Waals surface area (Å²) in [5, 5.41) is 0. The average molecular weight is 1000 g/mol. The maximum Gasteiger partial charge on any atom is 0.294 e. The average Bonchev–Trinajstić information content (AvgIpc) is 4.05. The van der Waals surface area contributed by atoms with E-state index < -0.39 is 55.2 Å². The first-order valence-electron chi connectivity index (χ1n) is 18.7. The minimum Gasteiger partial charge on any atom is -0.355 e. The van der Waals surface area contributed by atoms with Gasteiger partial charge >= 0.3 is 0 Å². The van der Waals surface area contributed by atoms with Gasteiger partial charge in [-0.15, -0.1) is 0 Å². The molecule has 20 nitrogen and oxygen atoms in total. The largest absolute Gasteiger partial charge is 0.355 e. The first-order chi connectivity index (χ1) is 30.2. The van der Waals surface area contributed by atoms with Crippen LogP contribution in [0.15, 0.2) is 147 Å². The molecule has 4 aromatic carbocycles. The van der Waals surface area contributed by atoms with Crippen LogP contribution in [0.1, 0.15) is 28.3 Å². The molecule has 18 N–H and O–H groups in total. The standard InChI is InChI=1S/C44H30N4O12S4.4H3N/c49-61(50,51)34-13-1-25(2-14-34)38-23-33-22-31-10-9-29(45-31)21-30-11-12-32(46-30)24-39-40(26-3-15-35(16-4-26)62(52,53)54)41(27-5-17-36(18-6-27)63(55,56)57)44(48-39)42(43(38)47-33)28-7-19-37(20-8-28)64(58,59)60;;;;/h1-24,45,48H,(H,49,50,51)(H,52,53,54)(H,55,56,57)(H,58,59,60);4*1H3. The van der Waals surface area contributed by atoms with Gasteiger partial charge in [0.05, 0.1) is 47.9 Å². The van der Waals surface area contributed by atoms with E-state index in [2.05, 4.69) is 9.97 Å². The van der Waals surface area contributed by atoms with E-state index in [-0.39, 0.29) is 40.7 Å². The summed E-state index contributed by atoms with van der Waals surface area (Å²) in [7, 11) is -18.5. The molecular formula is C44H42N8O12S4. The van der Waals surface area contributed by atoms with Gasteiger partial charge in [0, 0.05) is 38.8 Å². The predicted octanol–water partition coefficient (Wildman–Crippen LogP) is 8.71. The molecule has 8 bridgehead atoms. The topological polar surface area (TPSA) is 415 Å². The van der Waals surface area contributed by atoms with Crippen LogP contribution in [0, 0.1) is 0 Å². The molecule has 2 aliphatic heterocycles. The van der Waals surface area contributed by atoms with Crippen molar-refractivity contribution in [2.24, 2.45) is 0 Å². The molecule has 354 valence electrons. The van der Waals surface area contributed by atoms with Crippen LogP contribution >= 0.6 is 0 Å². The summed E-state index contributed by atoms with van der Waals surface area (Å²) >= 11 is 0. The molecule has 0 saturated heterocycles. The zero-order chi connectivity index (χ0) is 45.3. The number of fused-ring (bicyclic) bond motifs is 8. The van der Waals surface area contributed by atoms with Crippen molar-refractivity contribution in [2.75, 3.05) is 0 Å². The number of hydrogen-bond donors (Lipinski definition) is 10. The molecule has 0 unspecified atom stereocenters. The van der Waals surface area contributed by atoms with Gasteiger partial charge in [-0.2, -0.15) is 33.7 Å². The number of H-pyrrole nitrogens is 2. The molecule has 0 spiro atoms. The molecule has 5 heterocycles. The summed E-state index contributed by atoms with van der Waals surface area (Å²) < 4.78 is 137. The van der Waals surface area contributed by atoms with E-state index in [1.165, 1.54) is 97.1 Å². The lowest BCUT2D eigenvalue weighted by atomic mass is 9.91. The highest BCUT2D eigenvalue weighted by atomic mass is 32.2. The number of benzene rings is 4. The Hall–Kier alpha value is -7.04. The molecule has 0 amide bonds. The molecule has 0 radical (unpaired) electrons. The summed E-state index contributed by atoms with van der Waals surface area (Å²) in [6.07, 6.45) is 5.30. The van der Waals surface area contributed by atoms with Gasteiger partial charge in [-0.3, -0.25) is 18.2 Å². The zero-order valence-electron chi connectivity index (χ0n) is 35.3. The van der Waals surface area contributed by atoms with Crippen LogP contribution in [0.5, 0.6) is 0 Å². The predicted molar refractivity (Wildman–Crippen MR) is 259 cm³/mol. The van der Waals surface area contributed by atoms with Crippen molar-refractivity contribution in [3.8, 4) is 33.4 Å². The molecule has 24 heteroatoms. The molecule has 0 saturated carbocycles. The fraction of sp³-hybridized carbons (Fsp3) is 0. The first-order valence-corrected chi connectivity index (χ1v) is 24.5. The van der Waals surface area contributed by atoms with E-state index in [0.717, 1.165) is 0 Å². The van der Waals surface area contributed by atoms with E-state index in [1.807, 2.05) is 18.2 Å². The van der Waals surface area contributed by atoms with Crippen LogP contribution in [-0.4, -0.2) is 71.8 Å². The number of rotatable bonds is 8. The number of hydrogen-bond acceptors (Lipinski definition) is 14. The van der Waals surface area contributed by atoms with Gasteiger partial charge in [-0.1, -0.05) is 48.5 Å². The molecule has 9 rings (SSSR count). The number of nitrogens with one attached hydrogen (secondary N) is 2. The maximum absolute atomic E-state index is 12.3. The fourth-order valence-corrected chi connectivity index (χ4v) is 9.45. The minimum atomic E-state index is -4.67. The van der Waals surface area contributed by atoms with E-state index in [9.17, 15) is 51.9 Å². The van der Waals surface area contributed by atoms with Gasteiger partial charge in [0.1, 0.15) is 0 Å². The van der Waals surface area contributed by atoms with Crippen molar-refractivity contribution in [1.29, 1.82) is 0 Å². The number of nitrogens with zero attached hydrogens (tertiary/aromatic N) is 2. The molecule has 2 aliphatic rings. The lowest BCUT2D eigenvalue weighted by Crippen LogP contribution is -1.99. The third-order valence-corrected chi connectivity index (χ3v) is 13.9. The molecule has 68 heavy (non-hydrogen) atoms. The molecule has 0 fully saturated rings. The Balaban J connectivity index is 0.00000216. The lowest BCUT2D eigenvalue weighted by Gasteiger charge is -2.13. The first kappa shape index (κ1) is 51.9. The lowest BCUT2D eigenvalue weighted by molar-refractivity contribution is 0.481. The zero-order valence-corrected chi connectivity index (χ0v) is 38.5. The number of aromatic amines is 2. The van der Waals surface area contributed by atoms with Crippen molar-refractivity contribution in [2.45, 2.75) is 19.6 Å². The Morgan fingerprint density at radius 3 is 1.18 bits per heavy atom. The highest BCUT2D eigenvalue weighted by molar-refractivity contribution is 7.86. The van der Waals surface area contributed by atoms with Crippen LogP contribution in [0.3, 0.4) is 0 Å². The second kappa shape index (κ2) is 18.9. The minimum absolute atomic E-state index is 0. The van der Waals surface area contributed by atoms with Crippen molar-refractivity contribution < 1.29 is 51.9 Å². The molecular weight excluding hydrogens is 961 g/mol. The van der Waals surface area contributed by atoms with E-state index in [1.54, 1.807) is 30.4 Å². The molecule has 3 aromatic heterocycles. The van der Waals surface area contributed by atoms with Gasteiger partial charge in [-0.05, 0) is 119 Å². The summed E-state index contributed by atoms with van der Waals surface area (Å²) in [4.78, 5) is 15.1. The smallest absolute Gasteiger partial charge is 0.294 e. The monoisotopic (exact) mass is 1000 g/mol. The Kier molecular flexibility index (Phi) is 14.5. The van der Waals surface area contributed by atoms with Crippen LogP contribution in [0.4, 0.5) is 0 Å². The molecule has 0 aliphatic carbocycles. The van der Waals surface area contributed by atoms with Crippen LogP contribution in [0.25, 0.3) is 79.2 Å². The molecule has 7 aromatic rings. The van der Waals surface area contributed by atoms with Crippen molar-refractivity contribution >= 4 is 86.3 Å². The van der Waals surface area contributed by atoms with Gasteiger partial charge in [0.15, 0.2) is 0 Å². The normalized spacial score (nSPS) is 12.4. The quantitative estimate of drug-likeness (QED) is 0.0636. The summed E-state index contributed by atoms with van der Waals surface area (Å²) in [5.41, 5.74) is 6.76. The highest BCUT2D eigenvalue weighted by Gasteiger charge is 2.26. The van der Waals surface area contributed by atoms with Gasteiger partial charge in [0.2, 0.25) is 0 Å². The fourth-order valence-electron chi connectivity index (χ4n) is 7.53. The SMILES string of the molecule is N.N.N.N.O=S(=O)(O)c1ccc(C2=Cc3cc4ccc(cc5nc(cc6[nH]c(c(-c7ccc(S(=O)(=O)O)cc7)c2n3)c(-c2ccc(S(=O)(=O)O)cc2)c6-c2ccc(S(=O)(=O)O)cc2)C=C5)[nH]4)cc1. The van der Waals surface area contributed by atoms with Gasteiger partial charge < -0.3 is 34.6 Å². The Morgan fingerprint density at radius 1 is 0.382 bits per heavy atom. The van der Waals surface area contributed by atoms with Gasteiger partial charge in [-0.25, -0.2) is 9.97 Å². The van der Waals surface area contributed by atoms with Crippen molar-refractivity contribution in [3.63, 3.8) is 0 Å². The third kappa shape index (κ3) is 10.3. The van der Waals surface area contributed by atoms with Crippen molar-refractivity contribution in [3.05, 3.63) is 156 Å². The summed E-state index contributed by atoms with van der Waals surface area (Å²) in [6, 6.07) is 30.2. The third-order valence-electron chi connectivity index (χ3n) is 10.4. The highest BCUT2D eigenvalue weighted by Crippen LogP contribution is 2.46. The van der Waals surface area contributed by atoms with Gasteiger partial charge in [0.25, 0.3) is 40.5 Å². The van der Waals surface area contributed by atoms with E-state index >= 15 is 0 Å². The Labute approximate surface area is 389 Å². The van der Waals surface area contributed by atoms with Crippen LogP contribution in [-0.2, 0) is 40.5 Å². The molecule has 0 atom stereocenters. The van der Waals surface area contributed by atoms with E-state index in [0.29, 0.717) is 78.1 Å². The maximum atomic E-state index is 12.3. The summed E-state index contributed by atoms with van der Waals surface area (Å²) in [6.45, 7) is 0. The second-order valence-corrected chi connectivity index (χ2v) is 20.3. The Morgan fingerprint density at radius 2 is 0.750 bits per heavy atom. The van der Waals surface area contributed by atoms with Crippen LogP contribution in [0.2, 0.25) is 0 Å². The van der Waals surface area contributed by atoms with Crippen LogP contribution < -0.4 is 24.6 Å².